The van der Waals surface area contributed by atoms with Crippen molar-refractivity contribution in [1.29, 1.82) is 0 Å². The Bertz CT molecular complexity index is 1060. The molecule has 0 aliphatic carbocycles. The zero-order valence-electron chi connectivity index (χ0n) is 15.1. The molecule has 4 aromatic rings. The van der Waals surface area contributed by atoms with Crippen LogP contribution in [0.2, 0.25) is 5.02 Å². The summed E-state index contributed by atoms with van der Waals surface area (Å²) in [7, 11) is 0. The molecule has 1 aromatic heterocycles. The largest absolute Gasteiger partial charge is 0.270 e. The Morgan fingerprint density at radius 1 is 0.893 bits per heavy atom. The van der Waals surface area contributed by atoms with Crippen LogP contribution >= 0.6 is 23.4 Å². The molecule has 0 N–H and O–H groups in total. The first-order valence-electron chi connectivity index (χ1n) is 8.81. The van der Waals surface area contributed by atoms with Crippen LogP contribution in [0.1, 0.15) is 17.7 Å². The van der Waals surface area contributed by atoms with Gasteiger partial charge in [0.2, 0.25) is 0 Å². The smallest absolute Gasteiger partial charge is 0.196 e. The minimum atomic E-state index is -0.238. The molecule has 0 bridgehead atoms. The summed E-state index contributed by atoms with van der Waals surface area (Å²) in [6, 6.07) is 24.1. The van der Waals surface area contributed by atoms with Gasteiger partial charge >= 0.3 is 0 Å². The lowest BCUT2D eigenvalue weighted by Gasteiger charge is -2.14. The number of aromatic nitrogens is 3. The third kappa shape index (κ3) is 3.96. The standard InChI is InChI=1S/C22H17ClFN3S/c1-15(16-9-13-19(24)14-10-16)28-22-26-25-21(17-7-11-18(23)12-8-17)27(22)20-5-3-2-4-6-20/h2-15H,1H3/t15-/m1/s1. The molecule has 0 unspecified atom stereocenters. The third-order valence-electron chi connectivity index (χ3n) is 4.37. The van der Waals surface area contributed by atoms with Crippen LogP contribution in [0.5, 0.6) is 0 Å². The van der Waals surface area contributed by atoms with E-state index in [1.54, 1.807) is 23.9 Å². The molecule has 3 nitrogen and oxygen atoms in total. The fourth-order valence-electron chi connectivity index (χ4n) is 2.90. The van der Waals surface area contributed by atoms with Crippen LogP contribution in [0.25, 0.3) is 17.1 Å². The van der Waals surface area contributed by atoms with Crippen molar-refractivity contribution in [3.8, 4) is 17.1 Å². The zero-order valence-corrected chi connectivity index (χ0v) is 16.7. The Morgan fingerprint density at radius 2 is 1.57 bits per heavy atom. The number of hydrogen-bond donors (Lipinski definition) is 0. The van der Waals surface area contributed by atoms with Crippen LogP contribution in [-0.4, -0.2) is 14.8 Å². The lowest BCUT2D eigenvalue weighted by atomic mass is 10.2. The molecule has 140 valence electrons. The van der Waals surface area contributed by atoms with Crippen molar-refractivity contribution < 1.29 is 4.39 Å². The van der Waals surface area contributed by atoms with Crippen molar-refractivity contribution >= 4 is 23.4 Å². The van der Waals surface area contributed by atoms with Gasteiger partial charge in [0.1, 0.15) is 5.82 Å². The number of benzene rings is 3. The van der Waals surface area contributed by atoms with Crippen molar-refractivity contribution in [1.82, 2.24) is 14.8 Å². The first-order valence-corrected chi connectivity index (χ1v) is 10.1. The molecular formula is C22H17ClFN3S. The molecule has 1 heterocycles. The lowest BCUT2D eigenvalue weighted by molar-refractivity contribution is 0.627. The fraction of sp³-hybridized carbons (Fsp3) is 0.0909. The highest BCUT2D eigenvalue weighted by Crippen LogP contribution is 2.37. The molecule has 6 heteroatoms. The molecule has 4 rings (SSSR count). The maximum atomic E-state index is 13.2. The van der Waals surface area contributed by atoms with Crippen LogP contribution in [0.3, 0.4) is 0 Å². The van der Waals surface area contributed by atoms with Crippen molar-refractivity contribution in [2.24, 2.45) is 0 Å². The molecule has 0 spiro atoms. The zero-order chi connectivity index (χ0) is 19.5. The van der Waals surface area contributed by atoms with Gasteiger partial charge in [-0.2, -0.15) is 0 Å². The average molecular weight is 410 g/mol. The molecule has 0 amide bonds. The Labute approximate surface area is 172 Å². The minimum absolute atomic E-state index is 0.0883. The van der Waals surface area contributed by atoms with Gasteiger partial charge in [-0.1, -0.05) is 53.7 Å². The van der Waals surface area contributed by atoms with Gasteiger partial charge in [-0.15, -0.1) is 10.2 Å². The summed E-state index contributed by atoms with van der Waals surface area (Å²) >= 11 is 7.62. The predicted octanol–water partition coefficient (Wildman–Crippen LogP) is 6.58. The number of halogens is 2. The summed E-state index contributed by atoms with van der Waals surface area (Å²) in [5.74, 6) is 0.509. The second-order valence-electron chi connectivity index (χ2n) is 6.30. The van der Waals surface area contributed by atoms with E-state index < -0.39 is 0 Å². The predicted molar refractivity (Wildman–Crippen MR) is 112 cm³/mol. The Morgan fingerprint density at radius 3 is 2.25 bits per heavy atom. The van der Waals surface area contributed by atoms with Crippen LogP contribution in [0.4, 0.5) is 4.39 Å². The quantitative estimate of drug-likeness (QED) is 0.349. The molecule has 0 aliphatic heterocycles. The molecule has 0 radical (unpaired) electrons. The SMILES string of the molecule is C[C@@H](Sc1nnc(-c2ccc(Cl)cc2)n1-c1ccccc1)c1ccc(F)cc1. The highest BCUT2D eigenvalue weighted by atomic mass is 35.5. The molecule has 0 aliphatic rings. The van der Waals surface area contributed by atoms with Gasteiger partial charge < -0.3 is 0 Å². The Hall–Kier alpha value is -2.63. The fourth-order valence-corrected chi connectivity index (χ4v) is 4.02. The first-order chi connectivity index (χ1) is 13.6. The van der Waals surface area contributed by atoms with E-state index in [0.29, 0.717) is 5.02 Å². The second-order valence-corrected chi connectivity index (χ2v) is 8.04. The minimum Gasteiger partial charge on any atom is -0.270 e. The van der Waals surface area contributed by atoms with E-state index in [1.165, 1.54) is 12.1 Å². The normalized spacial score (nSPS) is 12.1. The van der Waals surface area contributed by atoms with Gasteiger partial charge in [-0.05, 0) is 61.0 Å². The Kier molecular flexibility index (Phi) is 5.46. The van der Waals surface area contributed by atoms with Crippen molar-refractivity contribution in [3.63, 3.8) is 0 Å². The number of nitrogens with zero attached hydrogens (tertiary/aromatic N) is 3. The van der Waals surface area contributed by atoms with Gasteiger partial charge in [0.25, 0.3) is 0 Å². The van der Waals surface area contributed by atoms with Crippen LogP contribution < -0.4 is 0 Å². The monoisotopic (exact) mass is 409 g/mol. The van der Waals surface area contributed by atoms with E-state index >= 15 is 0 Å². The topological polar surface area (TPSA) is 30.7 Å². The van der Waals surface area contributed by atoms with Crippen molar-refractivity contribution in [2.75, 3.05) is 0 Å². The molecule has 3 aromatic carbocycles. The van der Waals surface area contributed by atoms with Gasteiger partial charge in [-0.3, -0.25) is 4.57 Å². The van der Waals surface area contributed by atoms with Crippen molar-refractivity contribution in [3.05, 3.63) is 95.3 Å². The summed E-state index contributed by atoms with van der Waals surface area (Å²) < 4.78 is 15.3. The third-order valence-corrected chi connectivity index (χ3v) is 5.72. The molecule has 0 saturated heterocycles. The number of rotatable bonds is 5. The van der Waals surface area contributed by atoms with E-state index in [4.69, 9.17) is 11.6 Å². The van der Waals surface area contributed by atoms with Gasteiger partial charge in [0, 0.05) is 21.5 Å². The molecule has 0 fully saturated rings. The lowest BCUT2D eigenvalue weighted by Crippen LogP contribution is -2.00. The van der Waals surface area contributed by atoms with Gasteiger partial charge in [-0.25, -0.2) is 4.39 Å². The molecular weight excluding hydrogens is 393 g/mol. The Balaban J connectivity index is 1.75. The van der Waals surface area contributed by atoms with Gasteiger partial charge in [0.15, 0.2) is 11.0 Å². The first kappa shape index (κ1) is 18.7. The summed E-state index contributed by atoms with van der Waals surface area (Å²) in [4.78, 5) is 0. The average Bonchev–Trinajstić information content (AvgIpc) is 3.13. The number of para-hydroxylation sites is 1. The summed E-state index contributed by atoms with van der Waals surface area (Å²) in [5.41, 5.74) is 2.94. The summed E-state index contributed by atoms with van der Waals surface area (Å²) in [5, 5.41) is 10.4. The molecule has 28 heavy (non-hydrogen) atoms. The number of thioether (sulfide) groups is 1. The second kappa shape index (κ2) is 8.17. The van der Waals surface area contributed by atoms with Crippen LogP contribution in [0, 0.1) is 5.82 Å². The van der Waals surface area contributed by atoms with E-state index in [9.17, 15) is 4.39 Å². The summed E-state index contributed by atoms with van der Waals surface area (Å²) in [6.07, 6.45) is 0. The number of hydrogen-bond acceptors (Lipinski definition) is 3. The van der Waals surface area contributed by atoms with E-state index in [2.05, 4.69) is 17.1 Å². The van der Waals surface area contributed by atoms with E-state index in [0.717, 1.165) is 27.8 Å². The molecule has 0 saturated carbocycles. The highest BCUT2D eigenvalue weighted by Gasteiger charge is 2.19. The maximum Gasteiger partial charge on any atom is 0.196 e. The maximum absolute atomic E-state index is 13.2. The summed E-state index contributed by atoms with van der Waals surface area (Å²) in [6.45, 7) is 2.07. The highest BCUT2D eigenvalue weighted by molar-refractivity contribution is 7.99. The van der Waals surface area contributed by atoms with Crippen molar-refractivity contribution in [2.45, 2.75) is 17.3 Å². The van der Waals surface area contributed by atoms with Crippen LogP contribution in [0.15, 0.2) is 84.0 Å². The molecule has 1 atom stereocenters. The van der Waals surface area contributed by atoms with E-state index in [-0.39, 0.29) is 11.1 Å². The van der Waals surface area contributed by atoms with Gasteiger partial charge in [0.05, 0.1) is 0 Å². The van der Waals surface area contributed by atoms with Crippen LogP contribution in [-0.2, 0) is 0 Å². The van der Waals surface area contributed by atoms with E-state index in [1.807, 2.05) is 59.2 Å².